The van der Waals surface area contributed by atoms with E-state index in [4.69, 9.17) is 19.3 Å². The Labute approximate surface area is 313 Å². The number of allylic oxidation sites excluding steroid dienone is 4. The fourth-order valence-corrected chi connectivity index (χ4v) is 6.41. The Morgan fingerprint density at radius 2 is 0.882 bits per heavy atom. The Morgan fingerprint density at radius 3 is 1.29 bits per heavy atom. The molecule has 0 fully saturated rings. The normalized spacial score (nSPS) is 12.6. The number of carbonyl (C=O) groups excluding carboxylic acids is 2. The van der Waals surface area contributed by atoms with Crippen LogP contribution in [0.5, 0.6) is 0 Å². The molecule has 0 heterocycles. The third-order valence-electron chi connectivity index (χ3n) is 9.22. The molecule has 0 radical (unpaired) electrons. The molecule has 300 valence electrons. The lowest BCUT2D eigenvalue weighted by molar-refractivity contribution is -0.161. The molecule has 0 aromatic rings. The molecule has 0 spiro atoms. The summed E-state index contributed by atoms with van der Waals surface area (Å²) >= 11 is 0. The van der Waals surface area contributed by atoms with Gasteiger partial charge in [0.25, 0.3) is 0 Å². The van der Waals surface area contributed by atoms with E-state index < -0.39 is 32.5 Å². The molecule has 1 atom stereocenters. The topological polar surface area (TPSA) is 119 Å². The molecule has 0 aliphatic carbocycles. The molecule has 2 N–H and O–H groups in total. The molecule has 0 amide bonds. The van der Waals surface area contributed by atoms with Crippen LogP contribution >= 0.6 is 7.82 Å². The first-order valence-electron chi connectivity index (χ1n) is 21.1. The molecular formula is C42H79O8P. The van der Waals surface area contributed by atoms with Gasteiger partial charge in [-0.3, -0.25) is 14.1 Å². The van der Waals surface area contributed by atoms with Crippen LogP contribution in [0.15, 0.2) is 24.3 Å². The van der Waals surface area contributed by atoms with Crippen LogP contribution in [-0.4, -0.2) is 41.0 Å². The van der Waals surface area contributed by atoms with Crippen molar-refractivity contribution in [3.8, 4) is 0 Å². The number of hydrogen-bond acceptors (Lipinski definition) is 6. The minimum atomic E-state index is -4.75. The lowest BCUT2D eigenvalue weighted by Crippen LogP contribution is -2.29. The highest BCUT2D eigenvalue weighted by molar-refractivity contribution is 7.46. The SMILES string of the molecule is CCCCCCC/C=C\C/C=C\CCCCCCCCCCCC(=O)OC(COC(=O)CCCCCCCCCCCCCC)COP(=O)(O)O. The van der Waals surface area contributed by atoms with Gasteiger partial charge in [-0.1, -0.05) is 179 Å². The number of ether oxygens (including phenoxy) is 2. The molecule has 0 aliphatic heterocycles. The number of unbranched alkanes of at least 4 members (excludes halogenated alkanes) is 25. The largest absolute Gasteiger partial charge is 0.469 e. The monoisotopic (exact) mass is 743 g/mol. The zero-order valence-corrected chi connectivity index (χ0v) is 33.9. The van der Waals surface area contributed by atoms with Crippen LogP contribution in [0, 0.1) is 0 Å². The number of phosphoric acid groups is 1. The van der Waals surface area contributed by atoms with E-state index in [9.17, 15) is 14.2 Å². The summed E-state index contributed by atoms with van der Waals surface area (Å²) in [4.78, 5) is 42.8. The van der Waals surface area contributed by atoms with Gasteiger partial charge in [0.2, 0.25) is 0 Å². The molecule has 0 saturated heterocycles. The van der Waals surface area contributed by atoms with E-state index in [0.29, 0.717) is 6.42 Å². The van der Waals surface area contributed by atoms with E-state index in [-0.39, 0.29) is 19.4 Å². The lowest BCUT2D eigenvalue weighted by atomic mass is 10.0. The Bertz CT molecular complexity index is 884. The zero-order valence-electron chi connectivity index (χ0n) is 33.0. The smallest absolute Gasteiger partial charge is 0.462 e. The summed E-state index contributed by atoms with van der Waals surface area (Å²) in [5.41, 5.74) is 0. The molecule has 9 heteroatoms. The first-order valence-corrected chi connectivity index (χ1v) is 22.7. The highest BCUT2D eigenvalue weighted by atomic mass is 31.2. The number of phosphoric ester groups is 1. The number of carbonyl (C=O) groups is 2. The van der Waals surface area contributed by atoms with E-state index in [2.05, 4.69) is 42.7 Å². The third kappa shape index (κ3) is 41.2. The van der Waals surface area contributed by atoms with Crippen molar-refractivity contribution in [3.05, 3.63) is 24.3 Å². The van der Waals surface area contributed by atoms with Crippen molar-refractivity contribution < 1.29 is 37.9 Å². The second kappa shape index (κ2) is 38.3. The van der Waals surface area contributed by atoms with Crippen LogP contribution in [0.3, 0.4) is 0 Å². The molecule has 8 nitrogen and oxygen atoms in total. The Hall–Kier alpha value is -1.47. The maximum Gasteiger partial charge on any atom is 0.469 e. The minimum Gasteiger partial charge on any atom is -0.462 e. The van der Waals surface area contributed by atoms with Crippen molar-refractivity contribution in [3.63, 3.8) is 0 Å². The maximum atomic E-state index is 12.4. The average Bonchev–Trinajstić information content (AvgIpc) is 3.10. The fourth-order valence-electron chi connectivity index (χ4n) is 6.05. The van der Waals surface area contributed by atoms with E-state index in [1.165, 1.54) is 128 Å². The summed E-state index contributed by atoms with van der Waals surface area (Å²) in [6, 6.07) is 0. The molecule has 0 aromatic carbocycles. The van der Waals surface area contributed by atoms with Gasteiger partial charge >= 0.3 is 19.8 Å². The first-order chi connectivity index (χ1) is 24.8. The van der Waals surface area contributed by atoms with Crippen molar-refractivity contribution in [2.24, 2.45) is 0 Å². The number of rotatable bonds is 39. The Morgan fingerprint density at radius 1 is 0.510 bits per heavy atom. The lowest BCUT2D eigenvalue weighted by Gasteiger charge is -2.18. The standard InChI is InChI=1S/C42H79O8P/c1-3-5-7-9-11-13-15-17-18-19-20-21-22-23-24-25-27-29-31-33-35-37-42(44)50-40(39-49-51(45,46)47)38-48-41(43)36-34-32-30-28-26-16-14-12-10-8-6-4-2/h15,17,19-20,40H,3-14,16,18,21-39H2,1-2H3,(H2,45,46,47)/b17-15-,20-19-. The van der Waals surface area contributed by atoms with Crippen LogP contribution in [0.25, 0.3) is 0 Å². The fraction of sp³-hybridized carbons (Fsp3) is 0.857. The second-order valence-corrected chi connectivity index (χ2v) is 15.6. The molecule has 1 unspecified atom stereocenters. The van der Waals surface area contributed by atoms with E-state index in [1.54, 1.807) is 0 Å². The number of esters is 2. The molecular weight excluding hydrogens is 663 g/mol. The van der Waals surface area contributed by atoms with E-state index in [0.717, 1.165) is 51.4 Å². The van der Waals surface area contributed by atoms with Gasteiger partial charge in [0.15, 0.2) is 6.10 Å². The summed E-state index contributed by atoms with van der Waals surface area (Å²) in [5.74, 6) is -0.882. The molecule has 0 bridgehead atoms. The van der Waals surface area contributed by atoms with Crippen LogP contribution in [0.1, 0.15) is 213 Å². The van der Waals surface area contributed by atoms with Gasteiger partial charge in [0, 0.05) is 12.8 Å². The van der Waals surface area contributed by atoms with Crippen molar-refractivity contribution in [2.45, 2.75) is 219 Å². The van der Waals surface area contributed by atoms with Crippen LogP contribution < -0.4 is 0 Å². The predicted octanol–water partition coefficient (Wildman–Crippen LogP) is 12.8. The van der Waals surface area contributed by atoms with Crippen LogP contribution in [0.2, 0.25) is 0 Å². The molecule has 51 heavy (non-hydrogen) atoms. The maximum absolute atomic E-state index is 12.4. The van der Waals surface area contributed by atoms with Gasteiger partial charge in [-0.2, -0.15) is 0 Å². The molecule has 0 aromatic heterocycles. The summed E-state index contributed by atoms with van der Waals surface area (Å²) in [7, 11) is -4.75. The van der Waals surface area contributed by atoms with E-state index >= 15 is 0 Å². The highest BCUT2D eigenvalue weighted by Crippen LogP contribution is 2.36. The third-order valence-corrected chi connectivity index (χ3v) is 9.71. The molecule has 0 aliphatic rings. The molecule has 0 saturated carbocycles. The van der Waals surface area contributed by atoms with Gasteiger partial charge in [-0.15, -0.1) is 0 Å². The van der Waals surface area contributed by atoms with Crippen molar-refractivity contribution >= 4 is 19.8 Å². The van der Waals surface area contributed by atoms with Gasteiger partial charge in [-0.05, 0) is 44.9 Å². The second-order valence-electron chi connectivity index (χ2n) is 14.3. The first kappa shape index (κ1) is 49.5. The zero-order chi connectivity index (χ0) is 37.5. The van der Waals surface area contributed by atoms with Crippen LogP contribution in [0.4, 0.5) is 0 Å². The Kier molecular flexibility index (Phi) is 37.2. The average molecular weight is 743 g/mol. The van der Waals surface area contributed by atoms with Crippen molar-refractivity contribution in [1.82, 2.24) is 0 Å². The van der Waals surface area contributed by atoms with Crippen molar-refractivity contribution in [1.29, 1.82) is 0 Å². The van der Waals surface area contributed by atoms with Gasteiger partial charge in [0.1, 0.15) is 6.61 Å². The summed E-state index contributed by atoms with van der Waals surface area (Å²) in [5, 5.41) is 0. The van der Waals surface area contributed by atoms with Crippen molar-refractivity contribution in [2.75, 3.05) is 13.2 Å². The number of hydrogen-bond donors (Lipinski definition) is 2. The summed E-state index contributed by atoms with van der Waals surface area (Å²) in [6.07, 6.45) is 43.3. The van der Waals surface area contributed by atoms with Gasteiger partial charge in [0.05, 0.1) is 6.61 Å². The van der Waals surface area contributed by atoms with Gasteiger partial charge in [-0.25, -0.2) is 4.57 Å². The minimum absolute atomic E-state index is 0.210. The summed E-state index contributed by atoms with van der Waals surface area (Å²) < 4.78 is 26.4. The summed E-state index contributed by atoms with van der Waals surface area (Å²) in [6.45, 7) is 3.68. The Balaban J connectivity index is 3.88. The van der Waals surface area contributed by atoms with E-state index in [1.807, 2.05) is 0 Å². The molecule has 0 rings (SSSR count). The highest BCUT2D eigenvalue weighted by Gasteiger charge is 2.22. The van der Waals surface area contributed by atoms with Gasteiger partial charge < -0.3 is 19.3 Å². The quantitative estimate of drug-likeness (QED) is 0.0276. The predicted molar refractivity (Wildman–Crippen MR) is 212 cm³/mol. The van der Waals surface area contributed by atoms with Crippen LogP contribution in [-0.2, 0) is 28.2 Å².